The van der Waals surface area contributed by atoms with Gasteiger partial charge in [-0.2, -0.15) is 10.1 Å². The average Bonchev–Trinajstić information content (AvgIpc) is 2.88. The largest absolute Gasteiger partial charge is 0.396 e. The Hall–Kier alpha value is -1.63. The Bertz CT molecular complexity index is 433. The lowest BCUT2D eigenvalue weighted by atomic mass is 9.86. The molecule has 100 valence electrons. The van der Waals surface area contributed by atoms with E-state index in [9.17, 15) is 9.90 Å². The maximum Gasteiger partial charge on any atom is 0.321 e. The van der Waals surface area contributed by atoms with Crippen LogP contribution < -0.4 is 10.6 Å². The quantitative estimate of drug-likeness (QED) is 0.731. The van der Waals surface area contributed by atoms with Crippen molar-refractivity contribution in [3.05, 3.63) is 6.33 Å². The number of rotatable bonds is 3. The molecule has 0 saturated heterocycles. The molecule has 0 radical (unpaired) electrons. The lowest BCUT2D eigenvalue weighted by Crippen LogP contribution is -2.46. The van der Waals surface area contributed by atoms with Crippen LogP contribution in [0.25, 0.3) is 0 Å². The van der Waals surface area contributed by atoms with Crippen LogP contribution >= 0.6 is 0 Å². The topological polar surface area (TPSA) is 92.1 Å². The van der Waals surface area contributed by atoms with E-state index >= 15 is 0 Å². The first-order chi connectivity index (χ1) is 8.55. The summed E-state index contributed by atoms with van der Waals surface area (Å²) < 4.78 is 1.49. The Morgan fingerprint density at radius 1 is 1.72 bits per heavy atom. The molecule has 3 N–H and O–H groups in total. The Morgan fingerprint density at radius 2 is 2.50 bits per heavy atom. The molecule has 0 bridgehead atoms. The van der Waals surface area contributed by atoms with E-state index in [1.807, 2.05) is 6.92 Å². The predicted octanol–water partition coefficient (Wildman–Crippen LogP) is 0.488. The third-order valence-corrected chi connectivity index (χ3v) is 3.69. The highest BCUT2D eigenvalue weighted by atomic mass is 16.3. The second-order valence-corrected chi connectivity index (χ2v) is 5.06. The normalized spacial score (nSPS) is 27.2. The number of aliphatic hydroxyl groups excluding tert-OH is 1. The minimum Gasteiger partial charge on any atom is -0.396 e. The van der Waals surface area contributed by atoms with Gasteiger partial charge in [-0.3, -0.25) is 5.32 Å². The van der Waals surface area contributed by atoms with Gasteiger partial charge in [-0.05, 0) is 12.8 Å². The first kappa shape index (κ1) is 12.8. The molecule has 0 spiro atoms. The van der Waals surface area contributed by atoms with Crippen molar-refractivity contribution in [3.63, 3.8) is 0 Å². The van der Waals surface area contributed by atoms with E-state index in [0.29, 0.717) is 5.95 Å². The number of carbonyl (C=O) groups excluding carboxylic acids is 1. The van der Waals surface area contributed by atoms with E-state index in [2.05, 4.69) is 20.7 Å². The van der Waals surface area contributed by atoms with Gasteiger partial charge in [-0.1, -0.05) is 13.3 Å². The molecule has 7 heteroatoms. The molecule has 18 heavy (non-hydrogen) atoms. The van der Waals surface area contributed by atoms with E-state index in [1.165, 1.54) is 11.0 Å². The van der Waals surface area contributed by atoms with Crippen molar-refractivity contribution in [2.45, 2.75) is 32.2 Å². The predicted molar refractivity (Wildman–Crippen MR) is 66.0 cm³/mol. The van der Waals surface area contributed by atoms with E-state index in [0.717, 1.165) is 19.3 Å². The summed E-state index contributed by atoms with van der Waals surface area (Å²) in [5, 5.41) is 18.8. The highest BCUT2D eigenvalue weighted by molar-refractivity contribution is 5.87. The van der Waals surface area contributed by atoms with Crippen molar-refractivity contribution >= 4 is 12.0 Å². The van der Waals surface area contributed by atoms with Crippen molar-refractivity contribution in [2.75, 3.05) is 11.9 Å². The summed E-state index contributed by atoms with van der Waals surface area (Å²) in [6.07, 6.45) is 4.22. The molecule has 2 unspecified atom stereocenters. The zero-order chi connectivity index (χ0) is 13.2. The van der Waals surface area contributed by atoms with Crippen LogP contribution in [0.4, 0.5) is 10.7 Å². The second-order valence-electron chi connectivity index (χ2n) is 5.06. The molecule has 1 aliphatic rings. The van der Waals surface area contributed by atoms with Crippen LogP contribution in [0, 0.1) is 5.41 Å². The number of aryl methyl sites for hydroxylation is 1. The fraction of sp³-hybridized carbons (Fsp3) is 0.727. The van der Waals surface area contributed by atoms with Gasteiger partial charge in [-0.25, -0.2) is 9.48 Å². The van der Waals surface area contributed by atoms with Crippen LogP contribution in [0.15, 0.2) is 6.33 Å². The SMILES string of the molecule is Cn1ncnc1NC(=O)NC1CCCC1(C)CO. The number of nitrogens with one attached hydrogen (secondary N) is 2. The summed E-state index contributed by atoms with van der Waals surface area (Å²) >= 11 is 0. The van der Waals surface area contributed by atoms with Gasteiger partial charge in [0.25, 0.3) is 0 Å². The zero-order valence-corrected chi connectivity index (χ0v) is 10.7. The third-order valence-electron chi connectivity index (χ3n) is 3.69. The summed E-state index contributed by atoms with van der Waals surface area (Å²) in [7, 11) is 1.70. The molecule has 2 atom stereocenters. The first-order valence-electron chi connectivity index (χ1n) is 6.07. The van der Waals surface area contributed by atoms with Crippen molar-refractivity contribution in [1.29, 1.82) is 0 Å². The molecule has 1 aromatic rings. The highest BCUT2D eigenvalue weighted by Gasteiger charge is 2.39. The van der Waals surface area contributed by atoms with Crippen molar-refractivity contribution in [1.82, 2.24) is 20.1 Å². The monoisotopic (exact) mass is 253 g/mol. The van der Waals surface area contributed by atoms with Gasteiger partial charge in [0.05, 0.1) is 6.61 Å². The molecule has 7 nitrogen and oxygen atoms in total. The van der Waals surface area contributed by atoms with Crippen LogP contribution in [0.3, 0.4) is 0 Å². The lowest BCUT2D eigenvalue weighted by Gasteiger charge is -2.29. The van der Waals surface area contributed by atoms with Crippen LogP contribution in [0.2, 0.25) is 0 Å². The van der Waals surface area contributed by atoms with Crippen molar-refractivity contribution in [2.24, 2.45) is 12.5 Å². The molecule has 1 aliphatic carbocycles. The van der Waals surface area contributed by atoms with Gasteiger partial charge in [0.1, 0.15) is 6.33 Å². The summed E-state index contributed by atoms with van der Waals surface area (Å²) in [4.78, 5) is 15.8. The molecule has 1 aromatic heterocycles. The van der Waals surface area contributed by atoms with E-state index in [1.54, 1.807) is 7.05 Å². The lowest BCUT2D eigenvalue weighted by molar-refractivity contribution is 0.122. The van der Waals surface area contributed by atoms with Crippen LogP contribution in [0.5, 0.6) is 0 Å². The number of aliphatic hydroxyl groups is 1. The number of urea groups is 1. The zero-order valence-electron chi connectivity index (χ0n) is 10.7. The summed E-state index contributed by atoms with van der Waals surface area (Å²) in [5.74, 6) is 0.399. The Balaban J connectivity index is 1.94. The molecular formula is C11H19N5O2. The number of nitrogens with zero attached hydrogens (tertiary/aromatic N) is 3. The fourth-order valence-electron chi connectivity index (χ4n) is 2.37. The number of hydrogen-bond donors (Lipinski definition) is 3. The summed E-state index contributed by atoms with van der Waals surface area (Å²) in [6.45, 7) is 2.08. The molecule has 0 aliphatic heterocycles. The molecule has 2 rings (SSSR count). The number of amides is 2. The van der Waals surface area contributed by atoms with Crippen LogP contribution in [-0.2, 0) is 7.05 Å². The molecular weight excluding hydrogens is 234 g/mol. The molecule has 1 fully saturated rings. The smallest absolute Gasteiger partial charge is 0.321 e. The van der Waals surface area contributed by atoms with E-state index in [4.69, 9.17) is 0 Å². The molecule has 0 aromatic carbocycles. The van der Waals surface area contributed by atoms with E-state index < -0.39 is 0 Å². The molecule has 1 heterocycles. The summed E-state index contributed by atoms with van der Waals surface area (Å²) in [5.41, 5.74) is -0.225. The second kappa shape index (κ2) is 4.93. The number of anilines is 1. The van der Waals surface area contributed by atoms with Gasteiger partial charge < -0.3 is 10.4 Å². The Labute approximate surface area is 106 Å². The minimum atomic E-state index is -0.308. The molecule has 1 saturated carbocycles. The van der Waals surface area contributed by atoms with Gasteiger partial charge in [0.2, 0.25) is 5.95 Å². The van der Waals surface area contributed by atoms with E-state index in [-0.39, 0.29) is 24.1 Å². The maximum atomic E-state index is 11.8. The van der Waals surface area contributed by atoms with Gasteiger partial charge in [0, 0.05) is 18.5 Å². The summed E-state index contributed by atoms with van der Waals surface area (Å²) in [6, 6.07) is -0.312. The van der Waals surface area contributed by atoms with Gasteiger partial charge >= 0.3 is 6.03 Å². The first-order valence-corrected chi connectivity index (χ1v) is 6.07. The number of aromatic nitrogens is 3. The molecule has 2 amide bonds. The van der Waals surface area contributed by atoms with Crippen molar-refractivity contribution < 1.29 is 9.90 Å². The Kier molecular flexibility index (Phi) is 3.51. The minimum absolute atomic E-state index is 0.00396. The van der Waals surface area contributed by atoms with Gasteiger partial charge in [0.15, 0.2) is 0 Å². The average molecular weight is 253 g/mol. The van der Waals surface area contributed by atoms with Crippen molar-refractivity contribution in [3.8, 4) is 0 Å². The number of carbonyl (C=O) groups is 1. The standard InChI is InChI=1S/C11H19N5O2/c1-11(6-17)5-3-4-8(11)14-10(18)15-9-12-7-13-16(9)2/h7-8,17H,3-6H2,1-2H3,(H2,12,13,14,15,18). The number of hydrogen-bond acceptors (Lipinski definition) is 4. The maximum absolute atomic E-state index is 11.8. The Morgan fingerprint density at radius 3 is 3.11 bits per heavy atom. The fourth-order valence-corrected chi connectivity index (χ4v) is 2.37. The van der Waals surface area contributed by atoms with Gasteiger partial charge in [-0.15, -0.1) is 0 Å². The van der Waals surface area contributed by atoms with Crippen LogP contribution in [0.1, 0.15) is 26.2 Å². The highest BCUT2D eigenvalue weighted by Crippen LogP contribution is 2.37. The van der Waals surface area contributed by atoms with Crippen LogP contribution in [-0.4, -0.2) is 38.6 Å². The third kappa shape index (κ3) is 2.45.